The van der Waals surface area contributed by atoms with Gasteiger partial charge in [0.15, 0.2) is 0 Å². The molecule has 0 saturated heterocycles. The van der Waals surface area contributed by atoms with Gasteiger partial charge in [0.05, 0.1) is 0 Å². The Bertz CT molecular complexity index is 315. The summed E-state index contributed by atoms with van der Waals surface area (Å²) in [6, 6.07) is -0.770. The van der Waals surface area contributed by atoms with Crippen molar-refractivity contribution in [3.05, 3.63) is 0 Å². The van der Waals surface area contributed by atoms with Crippen molar-refractivity contribution >= 4 is 12.0 Å². The minimum Gasteiger partial charge on any atom is -0.480 e. The molecule has 3 N–H and O–H groups in total. The van der Waals surface area contributed by atoms with Crippen LogP contribution < -0.4 is 10.6 Å². The van der Waals surface area contributed by atoms with E-state index in [1.54, 1.807) is 13.8 Å². The average Bonchev–Trinajstić information content (AvgIpc) is 2.30. The quantitative estimate of drug-likeness (QED) is 0.627. The predicted molar refractivity (Wildman–Crippen MR) is 62.8 cm³/mol. The fourth-order valence-corrected chi connectivity index (χ4v) is 1.53. The highest BCUT2D eigenvalue weighted by atomic mass is 19.4. The summed E-state index contributed by atoms with van der Waals surface area (Å²) >= 11 is 0. The van der Waals surface area contributed by atoms with Gasteiger partial charge in [0.1, 0.15) is 5.54 Å². The van der Waals surface area contributed by atoms with Crippen LogP contribution >= 0.6 is 0 Å². The van der Waals surface area contributed by atoms with Crippen LogP contribution in [0.15, 0.2) is 0 Å². The molecule has 0 saturated carbocycles. The van der Waals surface area contributed by atoms with Crippen LogP contribution in [0.4, 0.5) is 18.0 Å². The highest BCUT2D eigenvalue weighted by molar-refractivity contribution is 5.86. The van der Waals surface area contributed by atoms with Crippen LogP contribution in [-0.4, -0.2) is 35.4 Å². The maximum Gasteiger partial charge on any atom is 0.389 e. The Labute approximate surface area is 109 Å². The topological polar surface area (TPSA) is 78.4 Å². The number of carbonyl (C=O) groups is 2. The van der Waals surface area contributed by atoms with Gasteiger partial charge in [0.2, 0.25) is 0 Å². The highest BCUT2D eigenvalue weighted by Gasteiger charge is 2.36. The summed E-state index contributed by atoms with van der Waals surface area (Å²) in [5, 5.41) is 13.6. The van der Waals surface area contributed by atoms with E-state index in [0.717, 1.165) is 0 Å². The van der Waals surface area contributed by atoms with E-state index >= 15 is 0 Å². The zero-order valence-corrected chi connectivity index (χ0v) is 10.9. The zero-order chi connectivity index (χ0) is 15.1. The summed E-state index contributed by atoms with van der Waals surface area (Å²) in [5.74, 6) is -1.16. The molecule has 0 aliphatic heterocycles. The van der Waals surface area contributed by atoms with Crippen LogP contribution in [0.2, 0.25) is 0 Å². The fraction of sp³-hybridized carbons (Fsp3) is 0.818. The minimum atomic E-state index is -4.25. The molecule has 0 rings (SSSR count). The summed E-state index contributed by atoms with van der Waals surface area (Å²) in [5.41, 5.74) is -1.38. The van der Waals surface area contributed by atoms with Crippen molar-refractivity contribution in [1.82, 2.24) is 10.6 Å². The van der Waals surface area contributed by atoms with E-state index < -0.39 is 30.1 Å². The van der Waals surface area contributed by atoms with Gasteiger partial charge < -0.3 is 15.7 Å². The molecular formula is C11H19F3N2O3. The first-order chi connectivity index (χ1) is 8.67. The van der Waals surface area contributed by atoms with Crippen LogP contribution in [0.5, 0.6) is 0 Å². The zero-order valence-electron chi connectivity index (χ0n) is 10.9. The second-order valence-corrected chi connectivity index (χ2v) is 4.19. The van der Waals surface area contributed by atoms with Crippen molar-refractivity contribution in [1.29, 1.82) is 0 Å². The van der Waals surface area contributed by atoms with Gasteiger partial charge in [-0.3, -0.25) is 0 Å². The Balaban J connectivity index is 4.19. The minimum absolute atomic E-state index is 0.158. The van der Waals surface area contributed by atoms with Crippen LogP contribution in [0, 0.1) is 0 Å². The number of carboxylic acid groups (broad SMARTS) is 1. The van der Waals surface area contributed by atoms with E-state index in [4.69, 9.17) is 5.11 Å². The summed E-state index contributed by atoms with van der Waals surface area (Å²) < 4.78 is 35.6. The van der Waals surface area contributed by atoms with Gasteiger partial charge in [-0.1, -0.05) is 13.8 Å². The lowest BCUT2D eigenvalue weighted by Crippen LogP contribution is -2.56. The Morgan fingerprint density at radius 2 is 1.68 bits per heavy atom. The van der Waals surface area contributed by atoms with Gasteiger partial charge in [-0.05, 0) is 19.3 Å². The summed E-state index contributed by atoms with van der Waals surface area (Å²) in [7, 11) is 0. The number of alkyl halides is 3. The van der Waals surface area contributed by atoms with Crippen molar-refractivity contribution in [3.63, 3.8) is 0 Å². The molecule has 5 nitrogen and oxygen atoms in total. The molecule has 0 radical (unpaired) electrons. The molecule has 0 unspecified atom stereocenters. The molecule has 0 aromatic heterocycles. The molecule has 0 aromatic carbocycles. The highest BCUT2D eigenvalue weighted by Crippen LogP contribution is 2.20. The lowest BCUT2D eigenvalue weighted by molar-refractivity contribution is -0.144. The number of carbonyl (C=O) groups excluding carboxylic acids is 1. The van der Waals surface area contributed by atoms with E-state index in [1.165, 1.54) is 0 Å². The summed E-state index contributed by atoms with van der Waals surface area (Å²) in [4.78, 5) is 22.5. The van der Waals surface area contributed by atoms with E-state index in [-0.39, 0.29) is 25.8 Å². The second kappa shape index (κ2) is 7.20. The molecule has 0 aliphatic rings. The molecule has 0 aliphatic carbocycles. The number of amides is 2. The number of hydrogen-bond acceptors (Lipinski definition) is 2. The first-order valence-electron chi connectivity index (χ1n) is 6.03. The molecule has 112 valence electrons. The van der Waals surface area contributed by atoms with Crippen molar-refractivity contribution < 1.29 is 27.9 Å². The van der Waals surface area contributed by atoms with Gasteiger partial charge in [0.25, 0.3) is 0 Å². The van der Waals surface area contributed by atoms with Gasteiger partial charge >= 0.3 is 18.2 Å². The third-order valence-corrected chi connectivity index (χ3v) is 2.89. The van der Waals surface area contributed by atoms with Crippen LogP contribution in [0.25, 0.3) is 0 Å². The van der Waals surface area contributed by atoms with E-state index in [0.29, 0.717) is 0 Å². The maximum atomic E-state index is 11.9. The number of hydrogen-bond donors (Lipinski definition) is 3. The lowest BCUT2D eigenvalue weighted by atomic mass is 9.93. The second-order valence-electron chi connectivity index (χ2n) is 4.19. The maximum absolute atomic E-state index is 11.9. The molecule has 2 amide bonds. The number of nitrogens with one attached hydrogen (secondary N) is 2. The third kappa shape index (κ3) is 6.30. The van der Waals surface area contributed by atoms with Crippen molar-refractivity contribution in [2.75, 3.05) is 6.54 Å². The van der Waals surface area contributed by atoms with Gasteiger partial charge in [0, 0.05) is 13.0 Å². The Morgan fingerprint density at radius 1 is 1.16 bits per heavy atom. The average molecular weight is 284 g/mol. The van der Waals surface area contributed by atoms with Crippen LogP contribution in [-0.2, 0) is 4.79 Å². The molecule has 19 heavy (non-hydrogen) atoms. The number of rotatable bonds is 7. The predicted octanol–water partition coefficient (Wildman–Crippen LogP) is 2.27. The smallest absolute Gasteiger partial charge is 0.389 e. The molecule has 8 heteroatoms. The normalized spacial score (nSPS) is 12.1. The molecule has 0 aromatic rings. The van der Waals surface area contributed by atoms with Crippen LogP contribution in [0.1, 0.15) is 39.5 Å². The molecule has 0 heterocycles. The van der Waals surface area contributed by atoms with Gasteiger partial charge in [-0.15, -0.1) is 0 Å². The molecule has 0 bridgehead atoms. The lowest BCUT2D eigenvalue weighted by Gasteiger charge is -2.28. The van der Waals surface area contributed by atoms with E-state index in [9.17, 15) is 22.8 Å². The first-order valence-corrected chi connectivity index (χ1v) is 6.03. The van der Waals surface area contributed by atoms with E-state index in [1.807, 2.05) is 0 Å². The SMILES string of the molecule is CCC(CC)(NC(=O)NCCCC(F)(F)F)C(=O)O. The standard InChI is InChI=1S/C11H19F3N2O3/c1-3-10(4-2,8(17)18)16-9(19)15-7-5-6-11(12,13)14/h3-7H2,1-2H3,(H,17,18)(H2,15,16,19). The number of halogens is 3. The largest absolute Gasteiger partial charge is 0.480 e. The van der Waals surface area contributed by atoms with Gasteiger partial charge in [-0.2, -0.15) is 13.2 Å². The number of aliphatic carboxylic acids is 1. The van der Waals surface area contributed by atoms with Crippen LogP contribution in [0.3, 0.4) is 0 Å². The summed E-state index contributed by atoms with van der Waals surface area (Å²) in [6.45, 7) is 3.07. The molecule has 0 fully saturated rings. The monoisotopic (exact) mass is 284 g/mol. The van der Waals surface area contributed by atoms with E-state index in [2.05, 4.69) is 10.6 Å². The molecule has 0 spiro atoms. The summed E-state index contributed by atoms with van der Waals surface area (Å²) in [6.07, 6.45) is -5.10. The molecule has 0 atom stereocenters. The van der Waals surface area contributed by atoms with Gasteiger partial charge in [-0.25, -0.2) is 9.59 Å². The van der Waals surface area contributed by atoms with Crippen molar-refractivity contribution in [2.45, 2.75) is 51.2 Å². The Kier molecular flexibility index (Phi) is 6.64. The molecular weight excluding hydrogens is 265 g/mol. The van der Waals surface area contributed by atoms with Crippen molar-refractivity contribution in [2.24, 2.45) is 0 Å². The fourth-order valence-electron chi connectivity index (χ4n) is 1.53. The number of urea groups is 1. The number of carboxylic acids is 1. The Hall–Kier alpha value is -1.47. The Morgan fingerprint density at radius 3 is 2.05 bits per heavy atom. The first kappa shape index (κ1) is 17.5. The van der Waals surface area contributed by atoms with Crippen molar-refractivity contribution in [3.8, 4) is 0 Å². The third-order valence-electron chi connectivity index (χ3n) is 2.89.